The van der Waals surface area contributed by atoms with Crippen LogP contribution in [0.3, 0.4) is 0 Å². The third kappa shape index (κ3) is 11.5. The van der Waals surface area contributed by atoms with E-state index in [9.17, 15) is 4.79 Å². The Hall–Kier alpha value is -1.34. The molecule has 0 unspecified atom stereocenters. The second-order valence-electron chi connectivity index (χ2n) is 1.22. The van der Waals surface area contributed by atoms with Crippen molar-refractivity contribution in [3.8, 4) is 0 Å². The highest BCUT2D eigenvalue weighted by atomic mass is 35.5. The normalized spacial score (nSPS) is 7.50. The summed E-state index contributed by atoms with van der Waals surface area (Å²) in [6.07, 6.45) is 0. The van der Waals surface area contributed by atoms with E-state index in [0.29, 0.717) is 0 Å². The third-order valence-electron chi connectivity index (χ3n) is 0.398. The molecule has 0 aliphatic heterocycles. The maximum atomic E-state index is 9.58. The maximum Gasteiger partial charge on any atom is 0.414 e. The average Bonchev–Trinajstić information content (AvgIpc) is 2.04. The molecule has 0 aromatic carbocycles. The Labute approximate surface area is 71.3 Å². The van der Waals surface area contributed by atoms with Crippen LogP contribution < -0.4 is 0 Å². The van der Waals surface area contributed by atoms with E-state index in [2.05, 4.69) is 16.2 Å². The monoisotopic (exact) mass is 200 g/mol. The number of carbonyl (C=O) groups is 3. The Morgan fingerprint density at radius 3 is 1.50 bits per heavy atom. The molecule has 8 heteroatoms. The van der Waals surface area contributed by atoms with Crippen molar-refractivity contribution < 1.29 is 34.0 Å². The zero-order valence-electron chi connectivity index (χ0n) is 5.56. The maximum absolute atomic E-state index is 9.58. The van der Waals surface area contributed by atoms with Crippen LogP contribution in [-0.2, 0) is 18.7 Å². The molecule has 0 aromatic heterocycles. The van der Waals surface area contributed by atoms with Gasteiger partial charge in [0.1, 0.15) is 18.5 Å². The van der Waals surface area contributed by atoms with Crippen LogP contribution in [0.1, 0.15) is 0 Å². The molecule has 0 rings (SSSR count). The van der Waals surface area contributed by atoms with Gasteiger partial charge in [-0.15, -0.1) is 0 Å². The lowest BCUT2D eigenvalue weighted by Crippen LogP contribution is -2.09. The summed E-state index contributed by atoms with van der Waals surface area (Å²) >= 11 is 4.44. The van der Waals surface area contributed by atoms with E-state index in [4.69, 9.17) is 24.9 Å². The molecule has 0 aliphatic carbocycles. The minimum Gasteiger partial charge on any atom is -0.473 e. The summed E-state index contributed by atoms with van der Waals surface area (Å²) in [5.41, 5.74) is 0. The molecule has 0 aliphatic rings. The number of aliphatic hydroxyl groups is 1. The van der Waals surface area contributed by atoms with E-state index in [-0.39, 0.29) is 0 Å². The van der Waals surface area contributed by atoms with Crippen molar-refractivity contribution in [2.24, 2.45) is 0 Å². The Bertz CT molecular complexity index is 158. The fourth-order valence-corrected chi connectivity index (χ4v) is 0.0732. The van der Waals surface area contributed by atoms with Crippen molar-refractivity contribution in [2.75, 3.05) is 6.61 Å². The quantitative estimate of drug-likeness (QED) is 0.456. The Kier molecular flexibility index (Phi) is 8.58. The molecule has 3 N–H and O–H groups in total. The number of carboxylic acid groups (broad SMARTS) is 2. The molecule has 12 heavy (non-hydrogen) atoms. The molecule has 0 aromatic rings. The fraction of sp³-hybridized carbons (Fsp3) is 0.250. The molecule has 0 atom stereocenters. The highest BCUT2D eigenvalue weighted by Gasteiger charge is 2.04. The van der Waals surface area contributed by atoms with Gasteiger partial charge in [0, 0.05) is 0 Å². The van der Waals surface area contributed by atoms with Gasteiger partial charge < -0.3 is 19.6 Å². The molecule has 0 bridgehead atoms. The lowest BCUT2D eigenvalue weighted by Gasteiger charge is -1.81. The number of hydrogen-bond donors (Lipinski definition) is 3. The number of halogens is 1. The molecular weight excluding hydrogens is 195 g/mol. The molecule has 70 valence electrons. The first kappa shape index (κ1) is 13.3. The Balaban J connectivity index is 0. The van der Waals surface area contributed by atoms with Crippen molar-refractivity contribution in [3.63, 3.8) is 0 Å². The molecular formula is C4H5ClO7. The van der Waals surface area contributed by atoms with Gasteiger partial charge >= 0.3 is 17.9 Å². The van der Waals surface area contributed by atoms with Gasteiger partial charge in [-0.25, -0.2) is 14.4 Å². The summed E-state index contributed by atoms with van der Waals surface area (Å²) in [7, 11) is 0. The van der Waals surface area contributed by atoms with Crippen LogP contribution in [0, 0.1) is 0 Å². The number of carboxylic acids is 2. The van der Waals surface area contributed by atoms with E-state index >= 15 is 0 Å². The first-order chi connectivity index (χ1) is 5.45. The lowest BCUT2D eigenvalue weighted by atomic mass is 10.7. The fourth-order valence-electron chi connectivity index (χ4n) is 0.0244. The third-order valence-corrected chi connectivity index (χ3v) is 0.570. The van der Waals surface area contributed by atoms with Gasteiger partial charge in [-0.2, -0.15) is 0 Å². The molecule has 0 spiro atoms. The summed E-state index contributed by atoms with van der Waals surface area (Å²) in [6, 6.07) is 0. The highest BCUT2D eigenvalue weighted by molar-refractivity contribution is 6.27. The van der Waals surface area contributed by atoms with Crippen molar-refractivity contribution in [1.82, 2.24) is 0 Å². The van der Waals surface area contributed by atoms with E-state index < -0.39 is 24.5 Å². The minimum absolute atomic E-state index is 0.663. The summed E-state index contributed by atoms with van der Waals surface area (Å²) in [5, 5.41) is 22.6. The van der Waals surface area contributed by atoms with Gasteiger partial charge in [0.15, 0.2) is 0 Å². The summed E-state index contributed by atoms with van der Waals surface area (Å²) in [4.78, 5) is 27.8. The topological polar surface area (TPSA) is 121 Å². The number of aliphatic hydroxyl groups excluding tert-OH is 1. The van der Waals surface area contributed by atoms with Crippen LogP contribution in [0.4, 0.5) is 0 Å². The van der Waals surface area contributed by atoms with E-state index in [1.807, 2.05) is 0 Å². The minimum atomic E-state index is -1.82. The molecule has 7 nitrogen and oxygen atoms in total. The van der Waals surface area contributed by atoms with Crippen LogP contribution in [0.2, 0.25) is 0 Å². The van der Waals surface area contributed by atoms with Gasteiger partial charge in [0.05, 0.1) is 0 Å². The molecule has 0 radical (unpaired) electrons. The van der Waals surface area contributed by atoms with E-state index in [1.54, 1.807) is 0 Å². The Morgan fingerprint density at radius 1 is 1.17 bits per heavy atom. The molecule has 0 heterocycles. The van der Waals surface area contributed by atoms with Gasteiger partial charge in [-0.1, -0.05) is 0 Å². The highest BCUT2D eigenvalue weighted by Crippen LogP contribution is 1.77. The molecule has 0 saturated heterocycles. The second-order valence-corrected chi connectivity index (χ2v) is 1.37. The summed E-state index contributed by atoms with van der Waals surface area (Å²) < 4.78 is 3.48. The first-order valence-corrected chi connectivity index (χ1v) is 2.65. The molecule has 0 saturated carbocycles. The second kappa shape index (κ2) is 7.76. The van der Waals surface area contributed by atoms with Crippen molar-refractivity contribution in [3.05, 3.63) is 0 Å². The van der Waals surface area contributed by atoms with Crippen LogP contribution in [-0.4, -0.2) is 39.8 Å². The number of rotatable bonds is 1. The van der Waals surface area contributed by atoms with Crippen molar-refractivity contribution in [1.29, 1.82) is 0 Å². The lowest BCUT2D eigenvalue weighted by molar-refractivity contribution is -0.159. The predicted octanol–water partition coefficient (Wildman–Crippen LogP) is -1.17. The largest absolute Gasteiger partial charge is 0.473 e. The number of aliphatic carboxylic acids is 2. The standard InChI is InChI=1S/C2H3ClO3.C2H2O4/c3-6-2(5)1-4;3-1(4)2(5)6/h4H,1H2;(H,3,4)(H,5,6). The number of hydrogen-bond acceptors (Lipinski definition) is 5. The van der Waals surface area contributed by atoms with Crippen LogP contribution in [0.25, 0.3) is 0 Å². The Morgan fingerprint density at radius 2 is 1.50 bits per heavy atom. The summed E-state index contributed by atoms with van der Waals surface area (Å²) in [6.45, 7) is -0.663. The molecule has 0 amide bonds. The first-order valence-electron chi connectivity index (χ1n) is 2.34. The van der Waals surface area contributed by atoms with Crippen LogP contribution in [0.5, 0.6) is 0 Å². The van der Waals surface area contributed by atoms with Crippen molar-refractivity contribution in [2.45, 2.75) is 0 Å². The zero-order chi connectivity index (χ0) is 10.1. The molecule has 0 fully saturated rings. The van der Waals surface area contributed by atoms with E-state index in [0.717, 1.165) is 0 Å². The van der Waals surface area contributed by atoms with Crippen LogP contribution in [0.15, 0.2) is 0 Å². The van der Waals surface area contributed by atoms with Crippen molar-refractivity contribution >= 4 is 29.8 Å². The van der Waals surface area contributed by atoms with Gasteiger partial charge in [0.2, 0.25) is 0 Å². The van der Waals surface area contributed by atoms with Gasteiger partial charge in [0.25, 0.3) is 0 Å². The smallest absolute Gasteiger partial charge is 0.414 e. The van der Waals surface area contributed by atoms with Crippen LogP contribution >= 0.6 is 11.9 Å². The van der Waals surface area contributed by atoms with Gasteiger partial charge in [-0.3, -0.25) is 0 Å². The SMILES string of the molecule is O=C(CO)OCl.O=C(O)C(=O)O. The van der Waals surface area contributed by atoms with E-state index in [1.165, 1.54) is 0 Å². The predicted molar refractivity (Wildman–Crippen MR) is 34.3 cm³/mol. The van der Waals surface area contributed by atoms with Gasteiger partial charge in [-0.05, 0) is 0 Å². The number of carbonyl (C=O) groups excluding carboxylic acids is 1. The average molecular weight is 201 g/mol. The summed E-state index contributed by atoms with van der Waals surface area (Å²) in [5.74, 6) is -4.48. The zero-order valence-corrected chi connectivity index (χ0v) is 6.32.